The van der Waals surface area contributed by atoms with Gasteiger partial charge in [0.1, 0.15) is 5.76 Å². The Morgan fingerprint density at radius 2 is 2.12 bits per heavy atom. The largest absolute Gasteiger partial charge is 0.448 e. The van der Waals surface area contributed by atoms with Gasteiger partial charge in [-0.3, -0.25) is 4.79 Å². The number of nitrogens with two attached hydrogens (primary N) is 1. The Balaban J connectivity index is 2.76. The Morgan fingerprint density at radius 1 is 1.40 bits per heavy atom. The van der Waals surface area contributed by atoms with Gasteiger partial charge in [-0.15, -0.1) is 0 Å². The van der Waals surface area contributed by atoms with E-state index in [1.54, 1.807) is 6.20 Å². The highest BCUT2D eigenvalue weighted by Crippen LogP contribution is 2.30. The normalized spacial score (nSPS) is 15.8. The van der Waals surface area contributed by atoms with Crippen LogP contribution in [0.15, 0.2) is 53.0 Å². The zero-order valence-electron chi connectivity index (χ0n) is 15.9. The Labute approximate surface area is 150 Å². The first-order valence-electron chi connectivity index (χ1n) is 8.61. The molecule has 0 aliphatic rings. The third-order valence-corrected chi connectivity index (χ3v) is 4.17. The average molecular weight is 346 g/mol. The number of oxazole rings is 1. The fourth-order valence-corrected chi connectivity index (χ4v) is 2.27. The molecule has 0 bridgehead atoms. The van der Waals surface area contributed by atoms with Crippen molar-refractivity contribution in [1.29, 1.82) is 0 Å². The molecule has 5 heteroatoms. The minimum Gasteiger partial charge on any atom is -0.448 e. The van der Waals surface area contributed by atoms with Crippen molar-refractivity contribution in [2.45, 2.75) is 59.7 Å². The number of carbonyl (C=O) groups excluding carboxylic acids is 1. The van der Waals surface area contributed by atoms with Crippen molar-refractivity contribution >= 4 is 5.91 Å². The van der Waals surface area contributed by atoms with Gasteiger partial charge in [-0.1, -0.05) is 37.3 Å². The molecule has 138 valence electrons. The van der Waals surface area contributed by atoms with E-state index in [-0.39, 0.29) is 18.1 Å². The first-order chi connectivity index (χ1) is 11.8. The summed E-state index contributed by atoms with van der Waals surface area (Å²) in [5, 5.41) is 0. The molecule has 2 N–H and O–H groups in total. The Kier molecular flexibility index (Phi) is 8.35. The van der Waals surface area contributed by atoms with E-state index in [1.165, 1.54) is 6.39 Å². The number of amides is 1. The zero-order chi connectivity index (χ0) is 18.9. The standard InChI is InChI=1S/C20H30N2O3/c1-6-16(3)25-18(20(4,5)19(21)23)15(2)11-9-7-8-10-12-17-13-22-14-24-17/h7-11,13-14,16,18H,6,12H2,1-5H3,(H2,21,23)/b9-7-,10-8+,15-11-. The highest BCUT2D eigenvalue weighted by atomic mass is 16.5. The van der Waals surface area contributed by atoms with Crippen molar-refractivity contribution in [2.24, 2.45) is 11.1 Å². The maximum absolute atomic E-state index is 11.8. The molecule has 0 aliphatic carbocycles. The van der Waals surface area contributed by atoms with Crippen molar-refractivity contribution < 1.29 is 13.9 Å². The van der Waals surface area contributed by atoms with Crippen LogP contribution in [0.4, 0.5) is 0 Å². The number of allylic oxidation sites excluding steroid dienone is 5. The summed E-state index contributed by atoms with van der Waals surface area (Å²) in [5.41, 5.74) is 5.76. The van der Waals surface area contributed by atoms with Crippen molar-refractivity contribution in [1.82, 2.24) is 4.98 Å². The molecule has 2 atom stereocenters. The molecule has 1 amide bonds. The van der Waals surface area contributed by atoms with Crippen LogP contribution < -0.4 is 5.73 Å². The smallest absolute Gasteiger partial charge is 0.226 e. The molecule has 0 aliphatic heterocycles. The van der Waals surface area contributed by atoms with Crippen LogP contribution in [0.2, 0.25) is 0 Å². The summed E-state index contributed by atoms with van der Waals surface area (Å²) in [5.74, 6) is 0.450. The summed E-state index contributed by atoms with van der Waals surface area (Å²) in [4.78, 5) is 15.7. The average Bonchev–Trinajstić information content (AvgIpc) is 3.08. The number of aromatic nitrogens is 1. The zero-order valence-corrected chi connectivity index (χ0v) is 15.9. The summed E-state index contributed by atoms with van der Waals surface area (Å²) in [7, 11) is 0. The molecule has 1 rings (SSSR count). The van der Waals surface area contributed by atoms with Crippen LogP contribution in [0, 0.1) is 5.41 Å². The van der Waals surface area contributed by atoms with Crippen LogP contribution in [0.5, 0.6) is 0 Å². The maximum atomic E-state index is 11.8. The number of rotatable bonds is 10. The van der Waals surface area contributed by atoms with Gasteiger partial charge < -0.3 is 14.9 Å². The second kappa shape index (κ2) is 9.99. The van der Waals surface area contributed by atoms with E-state index in [0.717, 1.165) is 17.8 Å². The molecule has 0 saturated heterocycles. The number of hydrogen-bond acceptors (Lipinski definition) is 4. The van der Waals surface area contributed by atoms with E-state index in [9.17, 15) is 4.79 Å². The molecule has 25 heavy (non-hydrogen) atoms. The summed E-state index contributed by atoms with van der Waals surface area (Å²) in [6.45, 7) is 9.65. The summed E-state index contributed by atoms with van der Waals surface area (Å²) in [6, 6.07) is 0. The lowest BCUT2D eigenvalue weighted by molar-refractivity contribution is -0.135. The SMILES string of the molecule is CCC(C)OC(\C(C)=C/C=C\C=C\Cc1cnco1)C(C)(C)C(N)=O. The van der Waals surface area contributed by atoms with E-state index >= 15 is 0 Å². The lowest BCUT2D eigenvalue weighted by Gasteiger charge is -2.34. The fourth-order valence-electron chi connectivity index (χ4n) is 2.27. The predicted octanol–water partition coefficient (Wildman–Crippen LogP) is 3.97. The van der Waals surface area contributed by atoms with Gasteiger partial charge >= 0.3 is 0 Å². The molecule has 1 aromatic rings. The van der Waals surface area contributed by atoms with E-state index in [1.807, 2.05) is 58.1 Å². The van der Waals surface area contributed by atoms with Gasteiger partial charge in [-0.05, 0) is 39.7 Å². The van der Waals surface area contributed by atoms with Gasteiger partial charge in [0.25, 0.3) is 0 Å². The third-order valence-electron chi connectivity index (χ3n) is 4.17. The van der Waals surface area contributed by atoms with Crippen molar-refractivity contribution in [3.8, 4) is 0 Å². The first kappa shape index (κ1) is 20.9. The number of primary amides is 1. The van der Waals surface area contributed by atoms with Gasteiger partial charge in [0.15, 0.2) is 6.39 Å². The highest BCUT2D eigenvalue weighted by Gasteiger charge is 2.37. The molecule has 1 aromatic heterocycles. The number of carbonyl (C=O) groups is 1. The number of nitrogens with zero attached hydrogens (tertiary/aromatic N) is 1. The monoisotopic (exact) mass is 346 g/mol. The van der Waals surface area contributed by atoms with Gasteiger partial charge in [0.2, 0.25) is 5.91 Å². The van der Waals surface area contributed by atoms with E-state index < -0.39 is 5.41 Å². The molecule has 0 saturated carbocycles. The fraction of sp³-hybridized carbons (Fsp3) is 0.500. The van der Waals surface area contributed by atoms with E-state index in [0.29, 0.717) is 6.42 Å². The van der Waals surface area contributed by atoms with Crippen LogP contribution in [0.1, 0.15) is 46.8 Å². The number of hydrogen-bond donors (Lipinski definition) is 1. The molecule has 0 spiro atoms. The Morgan fingerprint density at radius 3 is 2.68 bits per heavy atom. The van der Waals surface area contributed by atoms with Gasteiger partial charge in [0, 0.05) is 6.42 Å². The van der Waals surface area contributed by atoms with Crippen molar-refractivity contribution in [3.05, 3.63) is 54.3 Å². The molecular weight excluding hydrogens is 316 g/mol. The van der Waals surface area contributed by atoms with Crippen LogP contribution in [0.25, 0.3) is 0 Å². The summed E-state index contributed by atoms with van der Waals surface area (Å²) >= 11 is 0. The molecule has 2 unspecified atom stereocenters. The second-order valence-corrected chi connectivity index (χ2v) is 6.72. The van der Waals surface area contributed by atoms with Gasteiger partial charge in [-0.25, -0.2) is 4.98 Å². The van der Waals surface area contributed by atoms with Gasteiger partial charge in [-0.2, -0.15) is 0 Å². The third kappa shape index (κ3) is 6.70. The minimum atomic E-state index is -0.778. The highest BCUT2D eigenvalue weighted by molar-refractivity contribution is 5.81. The van der Waals surface area contributed by atoms with E-state index in [2.05, 4.69) is 11.9 Å². The second-order valence-electron chi connectivity index (χ2n) is 6.72. The van der Waals surface area contributed by atoms with E-state index in [4.69, 9.17) is 14.9 Å². The summed E-state index contributed by atoms with van der Waals surface area (Å²) in [6.07, 6.45) is 14.1. The van der Waals surface area contributed by atoms with Crippen LogP contribution in [-0.4, -0.2) is 23.1 Å². The molecular formula is C20H30N2O3. The van der Waals surface area contributed by atoms with Crippen molar-refractivity contribution in [2.75, 3.05) is 0 Å². The molecule has 0 fully saturated rings. The lowest BCUT2D eigenvalue weighted by atomic mass is 9.81. The molecule has 1 heterocycles. The first-order valence-corrected chi connectivity index (χ1v) is 8.61. The molecule has 5 nitrogen and oxygen atoms in total. The topological polar surface area (TPSA) is 78.3 Å². The van der Waals surface area contributed by atoms with Crippen LogP contribution in [0.3, 0.4) is 0 Å². The Hall–Kier alpha value is -2.14. The van der Waals surface area contributed by atoms with Gasteiger partial charge in [0.05, 0.1) is 23.8 Å². The maximum Gasteiger partial charge on any atom is 0.226 e. The lowest BCUT2D eigenvalue weighted by Crippen LogP contribution is -2.45. The van der Waals surface area contributed by atoms with Crippen LogP contribution in [-0.2, 0) is 16.0 Å². The molecule has 0 aromatic carbocycles. The Bertz CT molecular complexity index is 613. The minimum absolute atomic E-state index is 0.0535. The predicted molar refractivity (Wildman–Crippen MR) is 99.8 cm³/mol. The van der Waals surface area contributed by atoms with Crippen molar-refractivity contribution in [3.63, 3.8) is 0 Å². The quantitative estimate of drug-likeness (QED) is 0.650. The number of ether oxygens (including phenoxy) is 1. The summed E-state index contributed by atoms with van der Waals surface area (Å²) < 4.78 is 11.2. The van der Waals surface area contributed by atoms with Crippen LogP contribution >= 0.6 is 0 Å². The molecule has 0 radical (unpaired) electrons.